The van der Waals surface area contributed by atoms with E-state index in [2.05, 4.69) is 4.99 Å². The maximum Gasteiger partial charge on any atom is 0.363 e. The molecule has 1 aliphatic rings. The first kappa shape index (κ1) is 21.3. The average molecular weight is 450 g/mol. The van der Waals surface area contributed by atoms with Gasteiger partial charge in [0.2, 0.25) is 5.90 Å². The number of ether oxygens (including phenoxy) is 3. The number of benzene rings is 2. The number of nitro groups is 1. The Balaban J connectivity index is 1.54. The SMILES string of the molecule is CCOc1cc(/C=C2\N=C(c3cccs3)OC2=O)ccc1OCc1cccc([N+](=O)[O-])c1. The van der Waals surface area contributed by atoms with E-state index in [1.807, 2.05) is 24.4 Å². The fourth-order valence-electron chi connectivity index (χ4n) is 3.00. The van der Waals surface area contributed by atoms with Crippen LogP contribution in [0, 0.1) is 10.1 Å². The highest BCUT2D eigenvalue weighted by Gasteiger charge is 2.24. The molecule has 4 rings (SSSR count). The van der Waals surface area contributed by atoms with E-state index in [1.54, 1.807) is 36.4 Å². The van der Waals surface area contributed by atoms with Crippen molar-refractivity contribution in [1.82, 2.24) is 0 Å². The summed E-state index contributed by atoms with van der Waals surface area (Å²) in [4.78, 5) is 27.8. The maximum atomic E-state index is 12.2. The number of aliphatic imine (C=N–C) groups is 1. The van der Waals surface area contributed by atoms with Gasteiger partial charge in [-0.25, -0.2) is 9.79 Å². The number of hydrogen-bond acceptors (Lipinski definition) is 8. The molecule has 0 saturated carbocycles. The van der Waals surface area contributed by atoms with Crippen molar-refractivity contribution in [1.29, 1.82) is 0 Å². The van der Waals surface area contributed by atoms with E-state index < -0.39 is 10.9 Å². The summed E-state index contributed by atoms with van der Waals surface area (Å²) in [7, 11) is 0. The van der Waals surface area contributed by atoms with Crippen LogP contribution in [0.4, 0.5) is 5.69 Å². The topological polar surface area (TPSA) is 100 Å². The van der Waals surface area contributed by atoms with Gasteiger partial charge in [-0.15, -0.1) is 11.3 Å². The van der Waals surface area contributed by atoms with Crippen molar-refractivity contribution < 1.29 is 23.9 Å². The van der Waals surface area contributed by atoms with Crippen molar-refractivity contribution in [2.75, 3.05) is 6.61 Å². The van der Waals surface area contributed by atoms with Crippen LogP contribution in [0.5, 0.6) is 11.5 Å². The molecule has 1 aromatic heterocycles. The molecule has 32 heavy (non-hydrogen) atoms. The molecule has 1 aliphatic heterocycles. The lowest BCUT2D eigenvalue weighted by atomic mass is 10.1. The first-order valence-electron chi connectivity index (χ1n) is 9.73. The standard InChI is InChI=1S/C23H18N2O6S/c1-2-29-20-13-15(12-18-23(26)31-22(24-18)21-7-4-10-32-21)8-9-19(20)30-14-16-5-3-6-17(11-16)25(27)28/h3-13H,2,14H2,1H3/b18-12-. The van der Waals surface area contributed by atoms with E-state index in [-0.39, 0.29) is 23.9 Å². The minimum Gasteiger partial charge on any atom is -0.490 e. The molecule has 2 aromatic carbocycles. The Kier molecular flexibility index (Phi) is 6.27. The summed E-state index contributed by atoms with van der Waals surface area (Å²) >= 11 is 1.44. The zero-order chi connectivity index (χ0) is 22.5. The fourth-order valence-corrected chi connectivity index (χ4v) is 3.64. The van der Waals surface area contributed by atoms with Crippen LogP contribution in [0.2, 0.25) is 0 Å². The van der Waals surface area contributed by atoms with E-state index in [4.69, 9.17) is 14.2 Å². The molecule has 0 amide bonds. The van der Waals surface area contributed by atoms with Gasteiger partial charge in [0.25, 0.3) is 5.69 Å². The number of carbonyl (C=O) groups is 1. The summed E-state index contributed by atoms with van der Waals surface area (Å²) < 4.78 is 16.8. The number of rotatable bonds is 8. The zero-order valence-corrected chi connectivity index (χ0v) is 17.8. The van der Waals surface area contributed by atoms with Crippen molar-refractivity contribution in [2.24, 2.45) is 4.99 Å². The smallest absolute Gasteiger partial charge is 0.363 e. The first-order chi connectivity index (χ1) is 15.5. The predicted molar refractivity (Wildman–Crippen MR) is 120 cm³/mol. The molecule has 0 spiro atoms. The fraction of sp³-hybridized carbons (Fsp3) is 0.130. The minimum absolute atomic E-state index is 0.00373. The lowest BCUT2D eigenvalue weighted by molar-refractivity contribution is -0.384. The Morgan fingerprint density at radius 1 is 1.12 bits per heavy atom. The Hall–Kier alpha value is -3.98. The molecular formula is C23H18N2O6S. The number of cyclic esters (lactones) is 1. The molecule has 0 saturated heterocycles. The largest absolute Gasteiger partial charge is 0.490 e. The van der Waals surface area contributed by atoms with Crippen molar-refractivity contribution in [3.05, 3.63) is 91.8 Å². The van der Waals surface area contributed by atoms with Gasteiger partial charge in [-0.05, 0) is 47.7 Å². The molecule has 8 nitrogen and oxygen atoms in total. The number of thiophene rings is 1. The van der Waals surface area contributed by atoms with E-state index in [0.717, 1.165) is 4.88 Å². The molecule has 0 aliphatic carbocycles. The van der Waals surface area contributed by atoms with Gasteiger partial charge in [0.1, 0.15) is 6.61 Å². The number of esters is 1. The van der Waals surface area contributed by atoms with E-state index >= 15 is 0 Å². The molecule has 0 N–H and O–H groups in total. The second-order valence-corrected chi connectivity index (χ2v) is 7.62. The van der Waals surface area contributed by atoms with Gasteiger partial charge in [-0.2, -0.15) is 0 Å². The highest BCUT2D eigenvalue weighted by molar-refractivity contribution is 7.12. The zero-order valence-electron chi connectivity index (χ0n) is 17.0. The molecule has 2 heterocycles. The Morgan fingerprint density at radius 3 is 2.75 bits per heavy atom. The van der Waals surface area contributed by atoms with Gasteiger partial charge in [-0.3, -0.25) is 10.1 Å². The summed E-state index contributed by atoms with van der Waals surface area (Å²) in [5, 5.41) is 12.8. The third-order valence-corrected chi connectivity index (χ3v) is 5.30. The number of hydrogen-bond donors (Lipinski definition) is 0. The quantitative estimate of drug-likeness (QED) is 0.208. The van der Waals surface area contributed by atoms with Gasteiger partial charge in [0.15, 0.2) is 17.2 Å². The Bertz CT molecular complexity index is 1220. The van der Waals surface area contributed by atoms with Crippen molar-refractivity contribution in [2.45, 2.75) is 13.5 Å². The van der Waals surface area contributed by atoms with Crippen LogP contribution >= 0.6 is 11.3 Å². The molecule has 3 aromatic rings. The molecule has 0 radical (unpaired) electrons. The average Bonchev–Trinajstić information content (AvgIpc) is 3.44. The predicted octanol–water partition coefficient (Wildman–Crippen LogP) is 4.98. The van der Waals surface area contributed by atoms with Gasteiger partial charge in [0.05, 0.1) is 16.4 Å². The van der Waals surface area contributed by atoms with Crippen LogP contribution in [0.15, 0.2) is 70.7 Å². The lowest BCUT2D eigenvalue weighted by Gasteiger charge is -2.13. The summed E-state index contributed by atoms with van der Waals surface area (Å²) in [6.45, 7) is 2.40. The maximum absolute atomic E-state index is 12.2. The normalized spacial score (nSPS) is 14.2. The molecule has 0 fully saturated rings. The van der Waals surface area contributed by atoms with Crippen LogP contribution in [0.1, 0.15) is 22.9 Å². The third-order valence-electron chi connectivity index (χ3n) is 4.44. The van der Waals surface area contributed by atoms with Gasteiger partial charge >= 0.3 is 5.97 Å². The second kappa shape index (κ2) is 9.44. The third kappa shape index (κ3) is 4.84. The van der Waals surface area contributed by atoms with E-state index in [0.29, 0.717) is 29.2 Å². The Labute approximate surface area is 187 Å². The molecule has 0 bridgehead atoms. The number of nitro benzene ring substituents is 1. The van der Waals surface area contributed by atoms with Crippen molar-refractivity contribution >= 4 is 35.0 Å². The molecule has 0 unspecified atom stereocenters. The molecular weight excluding hydrogens is 432 g/mol. The molecule has 0 atom stereocenters. The number of carbonyl (C=O) groups excluding carboxylic acids is 1. The Morgan fingerprint density at radius 2 is 2.00 bits per heavy atom. The summed E-state index contributed by atoms with van der Waals surface area (Å²) in [6.07, 6.45) is 1.62. The minimum atomic E-state index is -0.516. The summed E-state index contributed by atoms with van der Waals surface area (Å²) in [5.74, 6) is 0.744. The van der Waals surface area contributed by atoms with Crippen LogP contribution in [0.25, 0.3) is 6.08 Å². The highest BCUT2D eigenvalue weighted by Crippen LogP contribution is 2.31. The highest BCUT2D eigenvalue weighted by atomic mass is 32.1. The number of non-ortho nitro benzene ring substituents is 1. The van der Waals surface area contributed by atoms with Crippen LogP contribution < -0.4 is 9.47 Å². The van der Waals surface area contributed by atoms with Crippen LogP contribution in [-0.4, -0.2) is 23.4 Å². The van der Waals surface area contributed by atoms with E-state index in [1.165, 1.54) is 23.5 Å². The number of nitrogens with zero attached hydrogens (tertiary/aromatic N) is 2. The van der Waals surface area contributed by atoms with Gasteiger partial charge < -0.3 is 14.2 Å². The monoisotopic (exact) mass is 450 g/mol. The summed E-state index contributed by atoms with van der Waals surface area (Å²) in [6, 6.07) is 15.2. The molecule has 9 heteroatoms. The van der Waals surface area contributed by atoms with E-state index in [9.17, 15) is 14.9 Å². The second-order valence-electron chi connectivity index (χ2n) is 6.67. The van der Waals surface area contributed by atoms with Crippen LogP contribution in [-0.2, 0) is 16.1 Å². The lowest BCUT2D eigenvalue weighted by Crippen LogP contribution is -2.03. The van der Waals surface area contributed by atoms with Gasteiger partial charge in [0, 0.05) is 12.1 Å². The molecule has 162 valence electrons. The summed E-state index contributed by atoms with van der Waals surface area (Å²) in [5.41, 5.74) is 1.56. The van der Waals surface area contributed by atoms with Crippen LogP contribution in [0.3, 0.4) is 0 Å². The van der Waals surface area contributed by atoms with Crippen molar-refractivity contribution in [3.63, 3.8) is 0 Å². The van der Waals surface area contributed by atoms with Gasteiger partial charge in [-0.1, -0.05) is 24.3 Å². The first-order valence-corrected chi connectivity index (χ1v) is 10.6. The van der Waals surface area contributed by atoms with Crippen molar-refractivity contribution in [3.8, 4) is 11.5 Å².